The SMILES string of the molecule is COc1ccc(C(=O)NNC(=O)c2cccc(NC(C)=O)c2)cc1. The number of hydrogen-bond donors (Lipinski definition) is 3. The Balaban J connectivity index is 1.96. The van der Waals surface area contributed by atoms with E-state index in [0.717, 1.165) is 0 Å². The van der Waals surface area contributed by atoms with Gasteiger partial charge in [0.1, 0.15) is 5.75 Å². The molecule has 7 heteroatoms. The highest BCUT2D eigenvalue weighted by Gasteiger charge is 2.10. The van der Waals surface area contributed by atoms with Crippen molar-refractivity contribution in [3.05, 3.63) is 59.7 Å². The number of rotatable bonds is 4. The summed E-state index contributed by atoms with van der Waals surface area (Å²) in [5.41, 5.74) is 5.83. The molecule has 3 N–H and O–H groups in total. The van der Waals surface area contributed by atoms with Crippen LogP contribution in [0.4, 0.5) is 5.69 Å². The quantitative estimate of drug-likeness (QED) is 0.745. The zero-order valence-electron chi connectivity index (χ0n) is 13.3. The van der Waals surface area contributed by atoms with Gasteiger partial charge in [0, 0.05) is 23.7 Å². The van der Waals surface area contributed by atoms with E-state index < -0.39 is 11.8 Å². The summed E-state index contributed by atoms with van der Waals surface area (Å²) in [7, 11) is 1.53. The first-order chi connectivity index (χ1) is 11.5. The predicted molar refractivity (Wildman–Crippen MR) is 88.7 cm³/mol. The number of hydrazine groups is 1. The molecule has 24 heavy (non-hydrogen) atoms. The molecule has 0 fully saturated rings. The molecule has 0 atom stereocenters. The molecule has 0 unspecified atom stereocenters. The van der Waals surface area contributed by atoms with Gasteiger partial charge in [-0.05, 0) is 42.5 Å². The van der Waals surface area contributed by atoms with Crippen LogP contribution in [-0.4, -0.2) is 24.8 Å². The molecule has 0 aliphatic rings. The van der Waals surface area contributed by atoms with E-state index in [-0.39, 0.29) is 5.91 Å². The molecule has 0 saturated carbocycles. The summed E-state index contributed by atoms with van der Waals surface area (Å²) in [5.74, 6) is -0.557. The molecule has 0 spiro atoms. The Labute approximate surface area is 139 Å². The molecule has 2 aromatic rings. The Morgan fingerprint density at radius 3 is 2.08 bits per heavy atom. The van der Waals surface area contributed by atoms with Crippen molar-refractivity contribution >= 4 is 23.4 Å². The number of methoxy groups -OCH3 is 1. The first kappa shape index (κ1) is 17.0. The summed E-state index contributed by atoms with van der Waals surface area (Å²) in [5, 5.41) is 2.58. The van der Waals surface area contributed by atoms with Crippen molar-refractivity contribution in [3.63, 3.8) is 0 Å². The number of nitrogens with one attached hydrogen (secondary N) is 3. The maximum Gasteiger partial charge on any atom is 0.269 e. The van der Waals surface area contributed by atoms with Gasteiger partial charge in [0.05, 0.1) is 7.11 Å². The Bertz CT molecular complexity index is 757. The third-order valence-electron chi connectivity index (χ3n) is 3.09. The summed E-state index contributed by atoms with van der Waals surface area (Å²) in [6, 6.07) is 12.8. The minimum Gasteiger partial charge on any atom is -0.497 e. The van der Waals surface area contributed by atoms with Crippen molar-refractivity contribution in [2.75, 3.05) is 12.4 Å². The number of ether oxygens (including phenoxy) is 1. The number of carbonyl (C=O) groups excluding carboxylic acids is 3. The zero-order valence-corrected chi connectivity index (χ0v) is 13.3. The summed E-state index contributed by atoms with van der Waals surface area (Å²) in [6.07, 6.45) is 0. The van der Waals surface area contributed by atoms with Crippen LogP contribution in [0.1, 0.15) is 27.6 Å². The summed E-state index contributed by atoms with van der Waals surface area (Å²) < 4.78 is 5.01. The smallest absolute Gasteiger partial charge is 0.269 e. The van der Waals surface area contributed by atoms with Crippen LogP contribution in [0.2, 0.25) is 0 Å². The molecular formula is C17H17N3O4. The van der Waals surface area contributed by atoms with E-state index in [1.165, 1.54) is 20.1 Å². The monoisotopic (exact) mass is 327 g/mol. The normalized spacial score (nSPS) is 9.75. The average Bonchev–Trinajstić information content (AvgIpc) is 2.59. The molecule has 0 bridgehead atoms. The summed E-state index contributed by atoms with van der Waals surface area (Å²) in [4.78, 5) is 35.1. The average molecular weight is 327 g/mol. The lowest BCUT2D eigenvalue weighted by Gasteiger charge is -2.09. The molecule has 7 nitrogen and oxygen atoms in total. The number of anilines is 1. The fraction of sp³-hybridized carbons (Fsp3) is 0.118. The van der Waals surface area contributed by atoms with Crippen LogP contribution in [0.3, 0.4) is 0 Å². The van der Waals surface area contributed by atoms with Gasteiger partial charge in [-0.2, -0.15) is 0 Å². The number of hydrogen-bond acceptors (Lipinski definition) is 4. The molecule has 3 amide bonds. The first-order valence-electron chi connectivity index (χ1n) is 7.12. The highest BCUT2D eigenvalue weighted by molar-refractivity contribution is 6.00. The van der Waals surface area contributed by atoms with E-state index >= 15 is 0 Å². The molecule has 2 aromatic carbocycles. The second-order valence-corrected chi connectivity index (χ2v) is 4.90. The lowest BCUT2D eigenvalue weighted by Crippen LogP contribution is -2.41. The Morgan fingerprint density at radius 2 is 1.50 bits per heavy atom. The number of amides is 3. The van der Waals surface area contributed by atoms with Crippen molar-refractivity contribution in [3.8, 4) is 5.75 Å². The van der Waals surface area contributed by atoms with Crippen molar-refractivity contribution < 1.29 is 19.1 Å². The van der Waals surface area contributed by atoms with Crippen molar-refractivity contribution in [1.29, 1.82) is 0 Å². The van der Waals surface area contributed by atoms with Gasteiger partial charge in [-0.25, -0.2) is 0 Å². The van der Waals surface area contributed by atoms with E-state index in [1.54, 1.807) is 42.5 Å². The van der Waals surface area contributed by atoms with E-state index in [9.17, 15) is 14.4 Å². The Morgan fingerprint density at radius 1 is 0.875 bits per heavy atom. The third kappa shape index (κ3) is 4.57. The second kappa shape index (κ2) is 7.77. The van der Waals surface area contributed by atoms with Gasteiger partial charge in [-0.15, -0.1) is 0 Å². The van der Waals surface area contributed by atoms with Crippen LogP contribution in [0.25, 0.3) is 0 Å². The summed E-state index contributed by atoms with van der Waals surface area (Å²) >= 11 is 0. The van der Waals surface area contributed by atoms with E-state index in [2.05, 4.69) is 16.2 Å². The molecule has 0 heterocycles. The fourth-order valence-electron chi connectivity index (χ4n) is 1.94. The van der Waals surface area contributed by atoms with Crippen LogP contribution in [0.5, 0.6) is 5.75 Å². The van der Waals surface area contributed by atoms with Gasteiger partial charge in [0.2, 0.25) is 5.91 Å². The minimum absolute atomic E-state index is 0.236. The van der Waals surface area contributed by atoms with Gasteiger partial charge in [0.15, 0.2) is 0 Å². The van der Waals surface area contributed by atoms with Gasteiger partial charge in [-0.1, -0.05) is 6.07 Å². The van der Waals surface area contributed by atoms with Crippen LogP contribution in [0, 0.1) is 0 Å². The van der Waals surface area contributed by atoms with Gasteiger partial charge in [0.25, 0.3) is 11.8 Å². The number of carbonyl (C=O) groups is 3. The standard InChI is InChI=1S/C17H17N3O4/c1-11(21)18-14-5-3-4-13(10-14)17(23)20-19-16(22)12-6-8-15(24-2)9-7-12/h3-10H,1-2H3,(H,18,21)(H,19,22)(H,20,23). The maximum atomic E-state index is 12.1. The molecular weight excluding hydrogens is 310 g/mol. The van der Waals surface area contributed by atoms with Crippen molar-refractivity contribution in [2.24, 2.45) is 0 Å². The van der Waals surface area contributed by atoms with Crippen LogP contribution in [-0.2, 0) is 4.79 Å². The van der Waals surface area contributed by atoms with Crippen molar-refractivity contribution in [2.45, 2.75) is 6.92 Å². The molecule has 2 rings (SSSR count). The molecule has 0 radical (unpaired) electrons. The molecule has 0 aromatic heterocycles. The van der Waals surface area contributed by atoms with Crippen molar-refractivity contribution in [1.82, 2.24) is 10.9 Å². The Kier molecular flexibility index (Phi) is 5.51. The lowest BCUT2D eigenvalue weighted by atomic mass is 10.2. The molecule has 0 saturated heterocycles. The molecule has 0 aliphatic heterocycles. The lowest BCUT2D eigenvalue weighted by molar-refractivity contribution is -0.114. The fourth-order valence-corrected chi connectivity index (χ4v) is 1.94. The maximum absolute atomic E-state index is 12.1. The highest BCUT2D eigenvalue weighted by Crippen LogP contribution is 2.12. The van der Waals surface area contributed by atoms with Gasteiger partial charge >= 0.3 is 0 Å². The van der Waals surface area contributed by atoms with Crippen LogP contribution < -0.4 is 20.9 Å². The van der Waals surface area contributed by atoms with E-state index in [1.807, 2.05) is 0 Å². The third-order valence-corrected chi connectivity index (χ3v) is 3.09. The van der Waals surface area contributed by atoms with Gasteiger partial charge < -0.3 is 10.1 Å². The first-order valence-corrected chi connectivity index (χ1v) is 7.12. The van der Waals surface area contributed by atoms with E-state index in [0.29, 0.717) is 22.6 Å². The zero-order chi connectivity index (χ0) is 17.5. The second-order valence-electron chi connectivity index (χ2n) is 4.90. The van der Waals surface area contributed by atoms with Crippen LogP contribution in [0.15, 0.2) is 48.5 Å². The largest absolute Gasteiger partial charge is 0.497 e. The predicted octanol–water partition coefficient (Wildman–Crippen LogP) is 1.73. The van der Waals surface area contributed by atoms with Gasteiger partial charge in [-0.3, -0.25) is 25.2 Å². The Hall–Kier alpha value is -3.35. The highest BCUT2D eigenvalue weighted by atomic mass is 16.5. The molecule has 0 aliphatic carbocycles. The van der Waals surface area contributed by atoms with E-state index in [4.69, 9.17) is 4.74 Å². The summed E-state index contributed by atoms with van der Waals surface area (Å²) in [6.45, 7) is 1.38. The number of benzene rings is 2. The topological polar surface area (TPSA) is 96.5 Å². The molecule has 124 valence electrons. The minimum atomic E-state index is -0.496. The van der Waals surface area contributed by atoms with Crippen LogP contribution >= 0.6 is 0 Å².